The van der Waals surface area contributed by atoms with Crippen molar-refractivity contribution in [1.29, 1.82) is 0 Å². The Bertz CT molecular complexity index is 973. The fourth-order valence-electron chi connectivity index (χ4n) is 3.97. The Kier molecular flexibility index (Phi) is 6.07. The summed E-state index contributed by atoms with van der Waals surface area (Å²) in [4.78, 5) is 23.9. The molecular weight excluding hydrogens is 372 g/mol. The summed E-state index contributed by atoms with van der Waals surface area (Å²) in [6, 6.07) is 20.0. The van der Waals surface area contributed by atoms with Gasteiger partial charge in [-0.2, -0.15) is 0 Å². The number of aromatic nitrogens is 2. The van der Waals surface area contributed by atoms with E-state index in [0.29, 0.717) is 18.0 Å². The Balaban J connectivity index is 1.28. The highest BCUT2D eigenvalue weighted by molar-refractivity contribution is 5.94. The topological polar surface area (TPSA) is 58.1 Å². The zero-order chi connectivity index (χ0) is 20.9. The number of carbonyl (C=O) groups excluding carboxylic acids is 1. The number of hydrogen-bond donors (Lipinski definition) is 1. The maximum atomic E-state index is 12.6. The van der Waals surface area contributed by atoms with Crippen molar-refractivity contribution in [2.24, 2.45) is 5.92 Å². The molecular formula is C25H28N4O. The van der Waals surface area contributed by atoms with Gasteiger partial charge in [0.05, 0.1) is 0 Å². The molecule has 2 aromatic carbocycles. The van der Waals surface area contributed by atoms with Gasteiger partial charge >= 0.3 is 0 Å². The largest absolute Gasteiger partial charge is 0.352 e. The number of amides is 1. The predicted octanol–water partition coefficient (Wildman–Crippen LogP) is 4.41. The fraction of sp³-hybridized carbons (Fsp3) is 0.320. The summed E-state index contributed by atoms with van der Waals surface area (Å²) in [5.41, 5.74) is 4.99. The number of nitrogens with one attached hydrogen (secondary N) is 1. The summed E-state index contributed by atoms with van der Waals surface area (Å²) in [7, 11) is 0. The molecule has 30 heavy (non-hydrogen) atoms. The lowest BCUT2D eigenvalue weighted by atomic mass is 9.97. The molecule has 0 radical (unpaired) electrons. The van der Waals surface area contributed by atoms with Gasteiger partial charge in [-0.15, -0.1) is 0 Å². The van der Waals surface area contributed by atoms with Crippen molar-refractivity contribution < 1.29 is 4.79 Å². The quantitative estimate of drug-likeness (QED) is 0.689. The summed E-state index contributed by atoms with van der Waals surface area (Å²) in [5, 5.41) is 3.11. The maximum Gasteiger partial charge on any atom is 0.251 e. The van der Waals surface area contributed by atoms with Crippen molar-refractivity contribution >= 4 is 11.9 Å². The Morgan fingerprint density at radius 2 is 1.53 bits per heavy atom. The molecule has 1 aliphatic rings. The van der Waals surface area contributed by atoms with Crippen LogP contribution in [0.2, 0.25) is 0 Å². The van der Waals surface area contributed by atoms with Crippen molar-refractivity contribution in [3.63, 3.8) is 0 Å². The van der Waals surface area contributed by atoms with Crippen LogP contribution < -0.4 is 10.2 Å². The van der Waals surface area contributed by atoms with E-state index in [4.69, 9.17) is 0 Å². The van der Waals surface area contributed by atoms with Crippen LogP contribution in [0.1, 0.15) is 34.6 Å². The number of piperidine rings is 1. The van der Waals surface area contributed by atoms with Crippen LogP contribution in [0.5, 0.6) is 0 Å². The lowest BCUT2D eigenvalue weighted by molar-refractivity contribution is 0.0945. The number of aryl methyl sites for hydroxylation is 2. The highest BCUT2D eigenvalue weighted by Gasteiger charge is 2.22. The monoisotopic (exact) mass is 400 g/mol. The zero-order valence-corrected chi connectivity index (χ0v) is 17.6. The van der Waals surface area contributed by atoms with Gasteiger partial charge in [0.1, 0.15) is 0 Å². The third kappa shape index (κ3) is 4.85. The van der Waals surface area contributed by atoms with Crippen LogP contribution >= 0.6 is 0 Å². The van der Waals surface area contributed by atoms with Crippen molar-refractivity contribution in [3.8, 4) is 11.1 Å². The molecule has 1 aliphatic heterocycles. The molecule has 1 saturated heterocycles. The van der Waals surface area contributed by atoms with Gasteiger partial charge in [-0.1, -0.05) is 42.5 Å². The highest BCUT2D eigenvalue weighted by atomic mass is 16.1. The zero-order valence-electron chi connectivity index (χ0n) is 17.6. The number of hydrogen-bond acceptors (Lipinski definition) is 4. The van der Waals surface area contributed by atoms with E-state index in [-0.39, 0.29) is 5.91 Å². The van der Waals surface area contributed by atoms with Crippen LogP contribution in [-0.2, 0) is 0 Å². The average molecular weight is 401 g/mol. The molecule has 4 rings (SSSR count). The van der Waals surface area contributed by atoms with E-state index in [9.17, 15) is 4.79 Å². The number of benzene rings is 2. The van der Waals surface area contributed by atoms with Crippen LogP contribution in [0, 0.1) is 19.8 Å². The lowest BCUT2D eigenvalue weighted by Gasteiger charge is -2.32. The number of rotatable bonds is 5. The van der Waals surface area contributed by atoms with E-state index in [1.807, 2.05) is 62.4 Å². The molecule has 5 nitrogen and oxygen atoms in total. The van der Waals surface area contributed by atoms with Gasteiger partial charge < -0.3 is 10.2 Å². The second-order valence-corrected chi connectivity index (χ2v) is 8.03. The van der Waals surface area contributed by atoms with Gasteiger partial charge in [-0.25, -0.2) is 9.97 Å². The average Bonchev–Trinajstić information content (AvgIpc) is 2.78. The summed E-state index contributed by atoms with van der Waals surface area (Å²) < 4.78 is 0. The molecule has 0 spiro atoms. The third-order valence-electron chi connectivity index (χ3n) is 5.67. The minimum atomic E-state index is -0.00492. The van der Waals surface area contributed by atoms with E-state index in [2.05, 4.69) is 32.3 Å². The Morgan fingerprint density at radius 3 is 2.17 bits per heavy atom. The fourth-order valence-corrected chi connectivity index (χ4v) is 3.97. The number of anilines is 1. The summed E-state index contributed by atoms with van der Waals surface area (Å²) in [6.07, 6.45) is 2.06. The Labute approximate surface area is 178 Å². The normalized spacial score (nSPS) is 14.5. The molecule has 1 fully saturated rings. The first-order chi connectivity index (χ1) is 14.6. The van der Waals surface area contributed by atoms with Crippen molar-refractivity contribution in [2.75, 3.05) is 24.5 Å². The van der Waals surface area contributed by atoms with E-state index >= 15 is 0 Å². The second-order valence-electron chi connectivity index (χ2n) is 8.03. The van der Waals surface area contributed by atoms with E-state index in [1.165, 1.54) is 0 Å². The van der Waals surface area contributed by atoms with Gasteiger partial charge in [0.25, 0.3) is 5.91 Å². The van der Waals surface area contributed by atoms with Gasteiger partial charge in [0.2, 0.25) is 5.95 Å². The molecule has 2 heterocycles. The van der Waals surface area contributed by atoms with Gasteiger partial charge in [-0.3, -0.25) is 4.79 Å². The van der Waals surface area contributed by atoms with E-state index < -0.39 is 0 Å². The van der Waals surface area contributed by atoms with Crippen molar-refractivity contribution in [2.45, 2.75) is 26.7 Å². The smallest absolute Gasteiger partial charge is 0.251 e. The first-order valence-corrected chi connectivity index (χ1v) is 10.6. The first kappa shape index (κ1) is 20.1. The highest BCUT2D eigenvalue weighted by Crippen LogP contribution is 2.22. The molecule has 0 saturated carbocycles. The SMILES string of the molecule is Cc1cc(C)nc(N2CCC(CNC(=O)c3ccc(-c4ccccc4)cc3)CC2)n1. The molecule has 5 heteroatoms. The molecule has 0 unspecified atom stereocenters. The molecule has 0 bridgehead atoms. The predicted molar refractivity (Wildman–Crippen MR) is 121 cm³/mol. The van der Waals surface area contributed by atoms with E-state index in [1.54, 1.807) is 0 Å². The lowest BCUT2D eigenvalue weighted by Crippen LogP contribution is -2.39. The Morgan fingerprint density at radius 1 is 0.933 bits per heavy atom. The molecule has 0 aliphatic carbocycles. The minimum absolute atomic E-state index is 0.00492. The summed E-state index contributed by atoms with van der Waals surface area (Å²) in [5.74, 6) is 1.31. The Hall–Kier alpha value is -3.21. The van der Waals surface area contributed by atoms with Gasteiger partial charge in [0, 0.05) is 36.6 Å². The molecule has 1 aromatic heterocycles. The summed E-state index contributed by atoms with van der Waals surface area (Å²) in [6.45, 7) is 6.57. The minimum Gasteiger partial charge on any atom is -0.352 e. The van der Waals surface area contributed by atoms with Crippen LogP contribution in [0.4, 0.5) is 5.95 Å². The molecule has 154 valence electrons. The van der Waals surface area contributed by atoms with Crippen LogP contribution in [0.25, 0.3) is 11.1 Å². The second kappa shape index (κ2) is 9.08. The van der Waals surface area contributed by atoms with Gasteiger partial charge in [0.15, 0.2) is 0 Å². The van der Waals surface area contributed by atoms with Crippen LogP contribution in [-0.4, -0.2) is 35.5 Å². The molecule has 1 N–H and O–H groups in total. The van der Waals surface area contributed by atoms with Crippen LogP contribution in [0.15, 0.2) is 60.7 Å². The molecule has 3 aromatic rings. The van der Waals surface area contributed by atoms with Crippen molar-refractivity contribution in [1.82, 2.24) is 15.3 Å². The maximum absolute atomic E-state index is 12.6. The number of nitrogens with zero attached hydrogens (tertiary/aromatic N) is 3. The van der Waals surface area contributed by atoms with E-state index in [0.717, 1.165) is 54.4 Å². The third-order valence-corrected chi connectivity index (χ3v) is 5.67. The number of carbonyl (C=O) groups is 1. The van der Waals surface area contributed by atoms with Gasteiger partial charge in [-0.05, 0) is 61.9 Å². The van der Waals surface area contributed by atoms with Crippen LogP contribution in [0.3, 0.4) is 0 Å². The molecule has 0 atom stereocenters. The van der Waals surface area contributed by atoms with Crippen molar-refractivity contribution in [3.05, 3.63) is 77.6 Å². The first-order valence-electron chi connectivity index (χ1n) is 10.6. The standard InChI is InChI=1S/C25H28N4O/c1-18-16-19(2)28-25(27-18)29-14-12-20(13-15-29)17-26-24(30)23-10-8-22(9-11-23)21-6-4-3-5-7-21/h3-11,16,20H,12-15,17H2,1-2H3,(H,26,30). The molecule has 1 amide bonds. The summed E-state index contributed by atoms with van der Waals surface area (Å²) >= 11 is 0.